The third-order valence-electron chi connectivity index (χ3n) is 14.5. The van der Waals surface area contributed by atoms with Gasteiger partial charge in [-0.3, -0.25) is 9.59 Å². The normalized spacial score (nSPS) is 14.9. The van der Waals surface area contributed by atoms with Gasteiger partial charge >= 0.3 is 0 Å². The van der Waals surface area contributed by atoms with E-state index in [0.29, 0.717) is 36.1 Å². The summed E-state index contributed by atoms with van der Waals surface area (Å²) in [4.78, 5) is 41.8. The number of hydrogen-bond donors (Lipinski definition) is 0. The average molecular weight is 985 g/mol. The second-order valence-corrected chi connectivity index (χ2v) is 21.3. The summed E-state index contributed by atoms with van der Waals surface area (Å²) in [6.45, 7) is 10.2. The molecule has 0 fully saturated rings. The van der Waals surface area contributed by atoms with Gasteiger partial charge in [-0.1, -0.05) is 163 Å². The summed E-state index contributed by atoms with van der Waals surface area (Å²) in [6.07, 6.45) is 8.48. The zero-order valence-electron chi connectivity index (χ0n) is 42.0. The Hall–Kier alpha value is -7.00. The van der Waals surface area contributed by atoms with E-state index in [1.807, 2.05) is 34.1 Å². The Labute approximate surface area is 434 Å². The number of amides is 2. The highest BCUT2D eigenvalue weighted by Crippen LogP contribution is 2.51. The summed E-state index contributed by atoms with van der Waals surface area (Å²) in [5.41, 5.74) is 11.0. The molecule has 0 bridgehead atoms. The first-order valence-electron chi connectivity index (χ1n) is 26.1. The van der Waals surface area contributed by atoms with Crippen LogP contribution in [0.1, 0.15) is 90.2 Å². The van der Waals surface area contributed by atoms with E-state index < -0.39 is 0 Å². The smallest absolute Gasteiger partial charge is 0.259 e. The molecule has 0 spiro atoms. The Morgan fingerprint density at radius 3 is 1.10 bits per heavy atom. The largest absolute Gasteiger partial charge is 0.307 e. The van der Waals surface area contributed by atoms with Crippen molar-refractivity contribution in [1.82, 2.24) is 0 Å². The molecule has 6 aromatic carbocycles. The number of carbonyl (C=O) groups is 2. The van der Waals surface area contributed by atoms with Gasteiger partial charge < -0.3 is 19.6 Å². The third-order valence-corrected chi connectivity index (χ3v) is 16.7. The van der Waals surface area contributed by atoms with Crippen LogP contribution in [0.15, 0.2) is 182 Å². The summed E-state index contributed by atoms with van der Waals surface area (Å²) in [5.74, 6) is 0.509. The van der Waals surface area contributed by atoms with Gasteiger partial charge in [0.05, 0.1) is 22.5 Å². The molecule has 6 nitrogen and oxygen atoms in total. The van der Waals surface area contributed by atoms with Crippen LogP contribution in [0, 0.1) is 11.8 Å². The van der Waals surface area contributed by atoms with E-state index in [1.165, 1.54) is 0 Å². The highest BCUT2D eigenvalue weighted by Gasteiger charge is 2.43. The molecule has 0 aliphatic carbocycles. The van der Waals surface area contributed by atoms with Crippen LogP contribution in [0.2, 0.25) is 0 Å². The number of para-hydroxylation sites is 4. The van der Waals surface area contributed by atoms with Crippen molar-refractivity contribution >= 4 is 89.8 Å². The fourth-order valence-corrected chi connectivity index (χ4v) is 12.6. The second kappa shape index (κ2) is 22.2. The number of anilines is 8. The molecular formula is C64H64N4O2S2. The molecule has 8 aromatic rings. The minimum absolute atomic E-state index is 0.0774. The molecule has 364 valence electrons. The molecule has 2 aromatic heterocycles. The van der Waals surface area contributed by atoms with Crippen molar-refractivity contribution < 1.29 is 9.59 Å². The van der Waals surface area contributed by atoms with Gasteiger partial charge in [-0.15, -0.1) is 22.7 Å². The quantitative estimate of drug-likeness (QED) is 0.0714. The van der Waals surface area contributed by atoms with Gasteiger partial charge in [-0.25, -0.2) is 0 Å². The minimum atomic E-state index is -0.0774. The Morgan fingerprint density at radius 2 is 0.778 bits per heavy atom. The van der Waals surface area contributed by atoms with E-state index in [2.05, 4.69) is 195 Å². The number of fused-ring (bicyclic) bond motifs is 2. The van der Waals surface area contributed by atoms with Crippen LogP contribution in [0.3, 0.4) is 0 Å². The maximum atomic E-state index is 15.5. The summed E-state index contributed by atoms with van der Waals surface area (Å²) >= 11 is 3.48. The number of thiophene rings is 2. The van der Waals surface area contributed by atoms with E-state index in [0.717, 1.165) is 128 Å². The van der Waals surface area contributed by atoms with Crippen molar-refractivity contribution in [2.45, 2.75) is 79.1 Å². The lowest BCUT2D eigenvalue weighted by atomic mass is 9.95. The zero-order chi connectivity index (χ0) is 49.6. The fourth-order valence-electron chi connectivity index (χ4n) is 10.5. The Balaban J connectivity index is 1.08. The van der Waals surface area contributed by atoms with Crippen molar-refractivity contribution in [2.24, 2.45) is 11.8 Å². The Morgan fingerprint density at radius 1 is 0.431 bits per heavy atom. The van der Waals surface area contributed by atoms with E-state index in [4.69, 9.17) is 0 Å². The summed E-state index contributed by atoms with van der Waals surface area (Å²) < 4.78 is 0. The molecule has 0 saturated heterocycles. The predicted molar refractivity (Wildman–Crippen MR) is 307 cm³/mol. The molecule has 8 heteroatoms. The van der Waals surface area contributed by atoms with Crippen molar-refractivity contribution in [3.05, 3.63) is 193 Å². The average Bonchev–Trinajstić information content (AvgIpc) is 4.22. The van der Waals surface area contributed by atoms with E-state index >= 15 is 9.59 Å². The van der Waals surface area contributed by atoms with E-state index in [1.54, 1.807) is 22.7 Å². The zero-order valence-corrected chi connectivity index (χ0v) is 43.6. The van der Waals surface area contributed by atoms with Crippen LogP contribution in [-0.4, -0.2) is 24.9 Å². The Bertz CT molecular complexity index is 2870. The van der Waals surface area contributed by atoms with Gasteiger partial charge in [0, 0.05) is 56.7 Å². The van der Waals surface area contributed by atoms with Gasteiger partial charge in [0.2, 0.25) is 0 Å². The number of rotatable bonds is 20. The maximum Gasteiger partial charge on any atom is 0.259 e. The van der Waals surface area contributed by atoms with Crippen LogP contribution in [-0.2, 0) is 9.59 Å². The van der Waals surface area contributed by atoms with E-state index in [9.17, 15) is 0 Å². The molecule has 0 N–H and O–H groups in total. The van der Waals surface area contributed by atoms with Crippen LogP contribution >= 0.6 is 22.7 Å². The topological polar surface area (TPSA) is 47.1 Å². The SMILES string of the molecule is CCCCC(CC)CN1C(=O)/C(=C2/C(=O)N(CC(CC)CCCC)c3cc(-c4ccc(N(c5ccccc5)c5ccccc5)s4)ccc32)c2ccc(-c3ccc(N(c4ccccc4)c4ccccc4)s3)cc21. The molecule has 0 radical (unpaired) electrons. The Kier molecular flexibility index (Phi) is 15.0. The summed E-state index contributed by atoms with van der Waals surface area (Å²) in [6, 6.07) is 63.7. The van der Waals surface area contributed by atoms with Gasteiger partial charge in [-0.2, -0.15) is 0 Å². The lowest BCUT2D eigenvalue weighted by Crippen LogP contribution is -2.34. The van der Waals surface area contributed by atoms with Crippen LogP contribution < -0.4 is 19.6 Å². The molecule has 10 rings (SSSR count). The molecule has 2 unspecified atom stereocenters. The first-order chi connectivity index (χ1) is 35.4. The number of carbonyl (C=O) groups excluding carboxylic acids is 2. The third kappa shape index (κ3) is 9.82. The highest BCUT2D eigenvalue weighted by molar-refractivity contribution is 7.20. The van der Waals surface area contributed by atoms with Crippen molar-refractivity contribution in [3.8, 4) is 20.9 Å². The molecule has 0 saturated carbocycles. The minimum Gasteiger partial charge on any atom is -0.307 e. The highest BCUT2D eigenvalue weighted by atomic mass is 32.1. The van der Waals surface area contributed by atoms with Gasteiger partial charge in [0.1, 0.15) is 10.0 Å². The number of nitrogens with zero attached hydrogens (tertiary/aromatic N) is 4. The van der Waals surface area contributed by atoms with Crippen molar-refractivity contribution in [2.75, 3.05) is 32.7 Å². The monoisotopic (exact) mass is 984 g/mol. The lowest BCUT2D eigenvalue weighted by Gasteiger charge is -2.24. The number of unbranched alkanes of at least 4 members (excludes halogenated alkanes) is 2. The van der Waals surface area contributed by atoms with Gasteiger partial charge in [0.15, 0.2) is 0 Å². The number of benzene rings is 6. The van der Waals surface area contributed by atoms with Crippen molar-refractivity contribution in [1.29, 1.82) is 0 Å². The van der Waals surface area contributed by atoms with E-state index in [-0.39, 0.29) is 11.8 Å². The van der Waals surface area contributed by atoms with Crippen LogP contribution in [0.25, 0.3) is 32.0 Å². The molecule has 72 heavy (non-hydrogen) atoms. The first-order valence-corrected chi connectivity index (χ1v) is 27.7. The maximum absolute atomic E-state index is 15.5. The lowest BCUT2D eigenvalue weighted by molar-refractivity contribution is -0.114. The summed E-state index contributed by atoms with van der Waals surface area (Å²) in [7, 11) is 0. The first kappa shape index (κ1) is 48.6. The van der Waals surface area contributed by atoms with Crippen molar-refractivity contribution in [3.63, 3.8) is 0 Å². The number of hydrogen-bond acceptors (Lipinski definition) is 6. The molecule has 4 heterocycles. The fraction of sp³-hybridized carbons (Fsp3) is 0.250. The van der Waals surface area contributed by atoms with Crippen LogP contribution in [0.4, 0.5) is 44.1 Å². The molecule has 2 aliphatic rings. The van der Waals surface area contributed by atoms with Gasteiger partial charge in [0.25, 0.3) is 11.8 Å². The molecule has 2 aliphatic heterocycles. The second-order valence-electron chi connectivity index (χ2n) is 19.2. The van der Waals surface area contributed by atoms with Crippen LogP contribution in [0.5, 0.6) is 0 Å². The predicted octanol–water partition coefficient (Wildman–Crippen LogP) is 18.1. The molecule has 2 amide bonds. The summed E-state index contributed by atoms with van der Waals surface area (Å²) in [5, 5.41) is 2.20. The van der Waals surface area contributed by atoms with Gasteiger partial charge in [-0.05, 0) is 121 Å². The molecular weight excluding hydrogens is 921 g/mol. The standard InChI is InChI=1S/C64H64N4O2S2/c1-5-9-23-45(7-3)43-65-55-41-47(57-37-39-59(71-57)67(49-25-15-11-16-26-49)50-27-17-12-18-28-50)33-35-53(55)61(63(65)69)62-54-36-34-48(42-56(54)66(64(62)70)44-46(8-4)24-10-6-2)58-38-40-60(72-58)68(51-29-19-13-20-30-51)52-31-21-14-22-32-52/h11-22,25-42,45-46H,5-10,23-24,43-44H2,1-4H3/b62-61+. The molecule has 2 atom stereocenters.